The van der Waals surface area contributed by atoms with E-state index in [1.54, 1.807) is 7.05 Å². The quantitative estimate of drug-likeness (QED) is 0.644. The molecule has 0 spiro atoms. The molecular weight excluding hydrogens is 424 g/mol. The molecule has 4 atom stereocenters. The van der Waals surface area contributed by atoms with Gasteiger partial charge in [-0.25, -0.2) is 0 Å². The van der Waals surface area contributed by atoms with Gasteiger partial charge >= 0.3 is 0 Å². The normalized spacial score (nSPS) is 25.6. The van der Waals surface area contributed by atoms with Gasteiger partial charge in [-0.2, -0.15) is 0 Å². The van der Waals surface area contributed by atoms with Gasteiger partial charge in [0, 0.05) is 19.6 Å². The van der Waals surface area contributed by atoms with Crippen molar-refractivity contribution in [2.24, 2.45) is 11.8 Å². The number of nitrogens with one attached hydrogen (secondary N) is 2. The van der Waals surface area contributed by atoms with Crippen LogP contribution in [0.15, 0.2) is 36.5 Å². The highest BCUT2D eigenvalue weighted by Gasteiger charge is 2.43. The van der Waals surface area contributed by atoms with Crippen molar-refractivity contribution in [3.05, 3.63) is 42.1 Å². The first kappa shape index (κ1) is 24.8. The van der Waals surface area contributed by atoms with Gasteiger partial charge < -0.3 is 20.4 Å². The molecule has 186 valence electrons. The molecule has 1 saturated carbocycles. The van der Waals surface area contributed by atoms with E-state index in [1.165, 1.54) is 18.4 Å². The Bertz CT molecular complexity index is 836. The summed E-state index contributed by atoms with van der Waals surface area (Å²) in [6.45, 7) is 4.57. The standard InChI is InChI=1S/C28H42N4O2/c1-21(29-2)27(33)30-26(24-12-7-4-8-13-24)28(34)32-19-16-23-14-9-17-31(20-25(23)32)18-15-22-10-5-3-6-11-22/h3,5-6,10-11,15,18,21,23-26,29H,4,7-9,12-14,16-17,19-20H2,1-2H3,(H,30,33)/t21?,23-,25+,26?/m0/s1. The van der Waals surface area contributed by atoms with Gasteiger partial charge in [-0.1, -0.05) is 49.6 Å². The van der Waals surface area contributed by atoms with Gasteiger partial charge in [0.1, 0.15) is 6.04 Å². The molecule has 1 aromatic carbocycles. The zero-order valence-electron chi connectivity index (χ0n) is 20.9. The van der Waals surface area contributed by atoms with E-state index in [0.717, 1.165) is 58.2 Å². The summed E-state index contributed by atoms with van der Waals surface area (Å²) in [5.41, 5.74) is 1.20. The highest BCUT2D eigenvalue weighted by atomic mass is 16.2. The second-order valence-corrected chi connectivity index (χ2v) is 10.4. The number of carbonyl (C=O) groups excluding carboxylic acids is 2. The maximum Gasteiger partial charge on any atom is 0.245 e. The Morgan fingerprint density at radius 2 is 1.76 bits per heavy atom. The predicted octanol–water partition coefficient (Wildman–Crippen LogP) is 3.64. The zero-order chi connectivity index (χ0) is 23.9. The first-order valence-corrected chi connectivity index (χ1v) is 13.3. The summed E-state index contributed by atoms with van der Waals surface area (Å²) in [6, 6.07) is 9.90. The Kier molecular flexibility index (Phi) is 8.65. The van der Waals surface area contributed by atoms with E-state index in [4.69, 9.17) is 0 Å². The Hall–Kier alpha value is -2.34. The highest BCUT2D eigenvalue weighted by Crippen LogP contribution is 2.34. The summed E-state index contributed by atoms with van der Waals surface area (Å²) >= 11 is 0. The van der Waals surface area contributed by atoms with E-state index in [9.17, 15) is 9.59 Å². The van der Waals surface area contributed by atoms with Gasteiger partial charge in [0.15, 0.2) is 0 Å². The number of fused-ring (bicyclic) bond motifs is 1. The monoisotopic (exact) mass is 466 g/mol. The fourth-order valence-corrected chi connectivity index (χ4v) is 5.99. The van der Waals surface area contributed by atoms with Crippen LogP contribution in [0.4, 0.5) is 0 Å². The molecule has 6 heteroatoms. The third kappa shape index (κ3) is 6.01. The fourth-order valence-electron chi connectivity index (χ4n) is 5.99. The minimum atomic E-state index is -0.404. The van der Waals surface area contributed by atoms with E-state index < -0.39 is 6.04 Å². The van der Waals surface area contributed by atoms with Crippen molar-refractivity contribution in [2.45, 2.75) is 76.4 Å². The number of amides is 2. The number of nitrogens with zero attached hydrogens (tertiary/aromatic N) is 2. The maximum atomic E-state index is 14.0. The Morgan fingerprint density at radius 1 is 1.00 bits per heavy atom. The lowest BCUT2D eigenvalue weighted by molar-refractivity contribution is -0.140. The van der Waals surface area contributed by atoms with Crippen LogP contribution in [-0.4, -0.2) is 66.4 Å². The molecule has 4 rings (SSSR count). The van der Waals surface area contributed by atoms with Crippen molar-refractivity contribution in [1.82, 2.24) is 20.4 Å². The van der Waals surface area contributed by atoms with Crippen LogP contribution < -0.4 is 10.6 Å². The minimum Gasteiger partial charge on any atom is -0.375 e. The Morgan fingerprint density at radius 3 is 2.50 bits per heavy atom. The molecule has 2 saturated heterocycles. The van der Waals surface area contributed by atoms with Crippen molar-refractivity contribution in [1.29, 1.82) is 0 Å². The number of hydrogen-bond acceptors (Lipinski definition) is 4. The molecule has 3 fully saturated rings. The minimum absolute atomic E-state index is 0.0737. The molecule has 2 unspecified atom stereocenters. The number of likely N-dealkylation sites (tertiary alicyclic amines) is 2. The molecule has 3 aliphatic rings. The lowest BCUT2D eigenvalue weighted by Crippen LogP contribution is -2.57. The Balaban J connectivity index is 1.49. The number of rotatable bonds is 7. The summed E-state index contributed by atoms with van der Waals surface area (Å²) in [7, 11) is 1.79. The first-order valence-electron chi connectivity index (χ1n) is 13.3. The molecule has 0 bridgehead atoms. The van der Waals surface area contributed by atoms with Crippen LogP contribution in [0, 0.1) is 11.8 Å². The number of carbonyl (C=O) groups is 2. The van der Waals surface area contributed by atoms with E-state index >= 15 is 0 Å². The van der Waals surface area contributed by atoms with Crippen LogP contribution in [0.25, 0.3) is 6.08 Å². The summed E-state index contributed by atoms with van der Waals surface area (Å²) in [5, 5.41) is 6.18. The molecular formula is C28H42N4O2. The largest absolute Gasteiger partial charge is 0.375 e. The van der Waals surface area contributed by atoms with Crippen molar-refractivity contribution in [3.63, 3.8) is 0 Å². The SMILES string of the molecule is CNC(C)C(=O)NC(C(=O)N1CC[C@@H]2CCCN(C=Cc3ccccc3)C[C@H]21)C1CCCCC1. The molecule has 2 N–H and O–H groups in total. The molecule has 2 amide bonds. The van der Waals surface area contributed by atoms with E-state index in [0.29, 0.717) is 5.92 Å². The van der Waals surface area contributed by atoms with Crippen molar-refractivity contribution in [2.75, 3.05) is 26.7 Å². The van der Waals surface area contributed by atoms with Gasteiger partial charge in [-0.05, 0) is 75.8 Å². The summed E-state index contributed by atoms with van der Waals surface area (Å²) in [6.07, 6.45) is 13.4. The van der Waals surface area contributed by atoms with Crippen LogP contribution in [-0.2, 0) is 9.59 Å². The second kappa shape index (κ2) is 11.9. The third-order valence-electron chi connectivity index (χ3n) is 8.20. The van der Waals surface area contributed by atoms with E-state index in [-0.39, 0.29) is 29.8 Å². The molecule has 34 heavy (non-hydrogen) atoms. The van der Waals surface area contributed by atoms with Crippen LogP contribution in [0.5, 0.6) is 0 Å². The first-order chi connectivity index (χ1) is 16.6. The van der Waals surface area contributed by atoms with Crippen LogP contribution in [0.2, 0.25) is 0 Å². The number of hydrogen-bond donors (Lipinski definition) is 2. The smallest absolute Gasteiger partial charge is 0.245 e. The molecule has 1 aromatic rings. The average Bonchev–Trinajstić information content (AvgIpc) is 3.16. The summed E-state index contributed by atoms with van der Waals surface area (Å²) in [4.78, 5) is 31.3. The van der Waals surface area contributed by atoms with Crippen molar-refractivity contribution in [3.8, 4) is 0 Å². The van der Waals surface area contributed by atoms with Crippen molar-refractivity contribution >= 4 is 17.9 Å². The van der Waals surface area contributed by atoms with Gasteiger partial charge in [-0.3, -0.25) is 9.59 Å². The lowest BCUT2D eigenvalue weighted by atomic mass is 9.83. The van der Waals surface area contributed by atoms with Gasteiger partial charge in [0.05, 0.1) is 12.1 Å². The second-order valence-electron chi connectivity index (χ2n) is 10.4. The number of benzene rings is 1. The maximum absolute atomic E-state index is 14.0. The van der Waals surface area contributed by atoms with Crippen LogP contribution in [0.3, 0.4) is 0 Å². The van der Waals surface area contributed by atoms with E-state index in [2.05, 4.69) is 57.0 Å². The third-order valence-corrected chi connectivity index (χ3v) is 8.20. The van der Waals surface area contributed by atoms with E-state index in [1.807, 2.05) is 13.0 Å². The fraction of sp³-hybridized carbons (Fsp3) is 0.643. The molecule has 0 radical (unpaired) electrons. The highest BCUT2D eigenvalue weighted by molar-refractivity contribution is 5.90. The molecule has 6 nitrogen and oxygen atoms in total. The Labute approximate surface area is 205 Å². The molecule has 1 aliphatic carbocycles. The average molecular weight is 467 g/mol. The lowest BCUT2D eigenvalue weighted by Gasteiger charge is -2.37. The van der Waals surface area contributed by atoms with Gasteiger partial charge in [0.25, 0.3) is 0 Å². The molecule has 0 aromatic heterocycles. The van der Waals surface area contributed by atoms with Gasteiger partial charge in [0.2, 0.25) is 11.8 Å². The topological polar surface area (TPSA) is 64.7 Å². The van der Waals surface area contributed by atoms with Crippen LogP contribution >= 0.6 is 0 Å². The van der Waals surface area contributed by atoms with Gasteiger partial charge in [-0.15, -0.1) is 0 Å². The molecule has 2 aliphatic heterocycles. The zero-order valence-corrected chi connectivity index (χ0v) is 20.9. The number of likely N-dealkylation sites (N-methyl/N-ethyl adjacent to an activating group) is 1. The van der Waals surface area contributed by atoms with Crippen molar-refractivity contribution < 1.29 is 9.59 Å². The predicted molar refractivity (Wildman–Crippen MR) is 137 cm³/mol. The van der Waals surface area contributed by atoms with Crippen LogP contribution in [0.1, 0.15) is 63.9 Å². The summed E-state index contributed by atoms with van der Waals surface area (Å²) < 4.78 is 0. The molecule has 2 heterocycles. The summed E-state index contributed by atoms with van der Waals surface area (Å²) in [5.74, 6) is 0.867.